The number of thiazole rings is 1. The molecule has 2 aliphatic rings. The maximum Gasteiger partial charge on any atom is 0.338 e. The maximum atomic E-state index is 14.0. The fraction of sp³-hybridized carbons (Fsp3) is 0.387. The normalized spacial score (nSPS) is 16.0. The molecule has 3 heterocycles. The average molecular weight is 579 g/mol. The number of hydrogen-bond acceptors (Lipinski definition) is 9. The summed E-state index contributed by atoms with van der Waals surface area (Å²) in [4.78, 5) is 32.8. The Hall–Kier alpha value is -4.05. The molecule has 0 radical (unpaired) electrons. The van der Waals surface area contributed by atoms with E-state index in [-0.39, 0.29) is 25.1 Å². The second kappa shape index (κ2) is 12.2. The lowest BCUT2D eigenvalue weighted by Gasteiger charge is -2.25. The second-order valence-corrected chi connectivity index (χ2v) is 10.8. The van der Waals surface area contributed by atoms with Crippen molar-refractivity contribution in [3.05, 3.63) is 78.5 Å². The summed E-state index contributed by atoms with van der Waals surface area (Å²) in [6.45, 7) is 10.4. The lowest BCUT2D eigenvalue weighted by Crippen LogP contribution is -2.40. The zero-order chi connectivity index (χ0) is 29.1. The molecule has 5 rings (SSSR count). The van der Waals surface area contributed by atoms with Crippen molar-refractivity contribution in [2.24, 2.45) is 4.99 Å². The predicted octanol–water partition coefficient (Wildman–Crippen LogP) is 4.49. The summed E-state index contributed by atoms with van der Waals surface area (Å²) in [7, 11) is 0. The van der Waals surface area contributed by atoms with Crippen LogP contribution in [0.15, 0.2) is 57.5 Å². The van der Waals surface area contributed by atoms with E-state index in [4.69, 9.17) is 28.7 Å². The van der Waals surface area contributed by atoms with Gasteiger partial charge in [-0.3, -0.25) is 9.36 Å². The highest BCUT2D eigenvalue weighted by atomic mass is 32.1. The third kappa shape index (κ3) is 5.74. The number of carbonyl (C=O) groups excluding carboxylic acids is 1. The lowest BCUT2D eigenvalue weighted by atomic mass is 9.94. The Morgan fingerprint density at radius 1 is 1.10 bits per heavy atom. The largest absolute Gasteiger partial charge is 0.490 e. The molecule has 0 N–H and O–H groups in total. The summed E-state index contributed by atoms with van der Waals surface area (Å²) >= 11 is 1.29. The number of aromatic nitrogens is 1. The minimum Gasteiger partial charge on any atom is -0.490 e. The Balaban J connectivity index is 1.69. The Bertz CT molecular complexity index is 1670. The molecule has 216 valence electrons. The van der Waals surface area contributed by atoms with Gasteiger partial charge in [0, 0.05) is 0 Å². The van der Waals surface area contributed by atoms with Crippen molar-refractivity contribution in [2.45, 2.75) is 59.6 Å². The van der Waals surface area contributed by atoms with Crippen molar-refractivity contribution in [1.29, 1.82) is 0 Å². The first-order valence-electron chi connectivity index (χ1n) is 13.9. The Morgan fingerprint density at radius 2 is 1.90 bits per heavy atom. The van der Waals surface area contributed by atoms with Crippen LogP contribution in [-0.4, -0.2) is 36.6 Å². The van der Waals surface area contributed by atoms with Crippen LogP contribution in [0, 0.1) is 0 Å². The fourth-order valence-corrected chi connectivity index (χ4v) is 5.92. The number of benzene rings is 2. The molecular formula is C31H34N2O7S. The number of rotatable bonds is 10. The van der Waals surface area contributed by atoms with Gasteiger partial charge in [-0.25, -0.2) is 9.79 Å². The number of fused-ring (bicyclic) bond motifs is 2. The number of carbonyl (C=O) groups is 1. The van der Waals surface area contributed by atoms with E-state index in [0.717, 1.165) is 12.0 Å². The van der Waals surface area contributed by atoms with Gasteiger partial charge >= 0.3 is 5.97 Å². The second-order valence-electron chi connectivity index (χ2n) is 9.83. The first-order chi connectivity index (χ1) is 19.8. The smallest absolute Gasteiger partial charge is 0.338 e. The molecule has 2 aromatic carbocycles. The number of esters is 1. The zero-order valence-electron chi connectivity index (χ0n) is 23.9. The first-order valence-corrected chi connectivity index (χ1v) is 14.7. The summed E-state index contributed by atoms with van der Waals surface area (Å²) in [5.74, 6) is 1.95. The Morgan fingerprint density at radius 3 is 2.63 bits per heavy atom. The van der Waals surface area contributed by atoms with Crippen LogP contribution in [0.4, 0.5) is 0 Å². The van der Waals surface area contributed by atoms with Crippen molar-refractivity contribution in [3.63, 3.8) is 0 Å². The molecule has 0 aliphatic carbocycles. The molecule has 0 unspecified atom stereocenters. The third-order valence-corrected chi connectivity index (χ3v) is 7.52. The van der Waals surface area contributed by atoms with Gasteiger partial charge in [0.25, 0.3) is 5.56 Å². The van der Waals surface area contributed by atoms with Crippen molar-refractivity contribution >= 4 is 23.4 Å². The minimum absolute atomic E-state index is 0.00849. The molecule has 9 nitrogen and oxygen atoms in total. The SMILES string of the molecule is CCCC1=C(C(=O)OCC)[C@@H](c2ccc3c(c2)OCO3)n2c(s/c(=C\c3ccc(OC(C)C)c(OCC)c3)c2=O)=N1. The lowest BCUT2D eigenvalue weighted by molar-refractivity contribution is -0.139. The van der Waals surface area contributed by atoms with Crippen LogP contribution in [0.1, 0.15) is 64.6 Å². The quantitative estimate of drug-likeness (QED) is 0.327. The van der Waals surface area contributed by atoms with E-state index in [1.807, 2.05) is 64.1 Å². The van der Waals surface area contributed by atoms with E-state index >= 15 is 0 Å². The van der Waals surface area contributed by atoms with Crippen LogP contribution in [0.25, 0.3) is 6.08 Å². The minimum atomic E-state index is -0.732. The van der Waals surface area contributed by atoms with E-state index in [1.165, 1.54) is 11.3 Å². The highest BCUT2D eigenvalue weighted by Crippen LogP contribution is 2.39. The van der Waals surface area contributed by atoms with Gasteiger partial charge in [-0.2, -0.15) is 0 Å². The highest BCUT2D eigenvalue weighted by molar-refractivity contribution is 7.07. The average Bonchev–Trinajstić information content (AvgIpc) is 3.53. The molecule has 41 heavy (non-hydrogen) atoms. The molecule has 0 fully saturated rings. The number of allylic oxidation sites excluding steroid dienone is 1. The molecule has 10 heteroatoms. The van der Waals surface area contributed by atoms with Crippen LogP contribution in [0.5, 0.6) is 23.0 Å². The summed E-state index contributed by atoms with van der Waals surface area (Å²) in [6, 6.07) is 10.3. The molecule has 1 atom stereocenters. The maximum absolute atomic E-state index is 14.0. The molecule has 0 saturated heterocycles. The monoisotopic (exact) mass is 578 g/mol. The van der Waals surface area contributed by atoms with E-state index in [2.05, 4.69) is 0 Å². The molecule has 0 spiro atoms. The van der Waals surface area contributed by atoms with Crippen molar-refractivity contribution in [3.8, 4) is 23.0 Å². The molecule has 2 aliphatic heterocycles. The molecule has 0 bridgehead atoms. The first kappa shape index (κ1) is 28.5. The predicted molar refractivity (Wildman–Crippen MR) is 156 cm³/mol. The van der Waals surface area contributed by atoms with Gasteiger partial charge in [0.1, 0.15) is 0 Å². The number of nitrogens with zero attached hydrogens (tertiary/aromatic N) is 2. The van der Waals surface area contributed by atoms with Crippen LogP contribution in [0.2, 0.25) is 0 Å². The van der Waals surface area contributed by atoms with Crippen molar-refractivity contribution in [1.82, 2.24) is 4.57 Å². The van der Waals surface area contributed by atoms with E-state index < -0.39 is 12.0 Å². The van der Waals surface area contributed by atoms with Gasteiger partial charge in [-0.15, -0.1) is 0 Å². The van der Waals surface area contributed by atoms with E-state index in [0.29, 0.717) is 62.2 Å². The van der Waals surface area contributed by atoms with Crippen molar-refractivity contribution < 1.29 is 28.5 Å². The Kier molecular flexibility index (Phi) is 8.49. The highest BCUT2D eigenvalue weighted by Gasteiger charge is 2.35. The fourth-order valence-electron chi connectivity index (χ4n) is 4.90. The number of ether oxygens (including phenoxy) is 5. The van der Waals surface area contributed by atoms with Gasteiger partial charge in [-0.1, -0.05) is 36.8 Å². The van der Waals surface area contributed by atoms with Crippen LogP contribution < -0.4 is 33.8 Å². The van der Waals surface area contributed by atoms with Crippen molar-refractivity contribution in [2.75, 3.05) is 20.0 Å². The summed E-state index contributed by atoms with van der Waals surface area (Å²) in [5, 5.41) is 0. The topological polar surface area (TPSA) is 97.6 Å². The molecular weight excluding hydrogens is 544 g/mol. The Labute approximate surface area is 242 Å². The standard InChI is InChI=1S/C31H34N2O7S/c1-6-9-21-27(30(35)37-8-3)28(20-11-13-22-25(16-20)39-17-38-22)33-29(34)26(41-31(33)32-21)15-19-10-12-23(40-18(4)5)24(14-19)36-7-2/h10-16,18,28H,6-9,17H2,1-5H3/b26-15-/t28-/m1/s1. The molecule has 1 aromatic heterocycles. The van der Waals surface area contributed by atoms with Gasteiger partial charge in [0.05, 0.1) is 41.2 Å². The molecule has 0 amide bonds. The summed E-state index contributed by atoms with van der Waals surface area (Å²) in [6.07, 6.45) is 3.14. The molecule has 3 aromatic rings. The van der Waals surface area contributed by atoms with Gasteiger partial charge in [0.2, 0.25) is 6.79 Å². The van der Waals surface area contributed by atoms with E-state index in [9.17, 15) is 9.59 Å². The summed E-state index contributed by atoms with van der Waals surface area (Å²) in [5.41, 5.74) is 2.22. The van der Waals surface area contributed by atoms with Gasteiger partial charge < -0.3 is 23.7 Å². The van der Waals surface area contributed by atoms with Crippen LogP contribution in [0.3, 0.4) is 0 Å². The van der Waals surface area contributed by atoms with Crippen LogP contribution >= 0.6 is 11.3 Å². The third-order valence-electron chi connectivity index (χ3n) is 6.53. The zero-order valence-corrected chi connectivity index (χ0v) is 24.7. The van der Waals surface area contributed by atoms with Crippen LogP contribution in [-0.2, 0) is 9.53 Å². The summed E-state index contributed by atoms with van der Waals surface area (Å²) < 4.78 is 30.4. The van der Waals surface area contributed by atoms with Gasteiger partial charge in [0.15, 0.2) is 27.8 Å². The number of hydrogen-bond donors (Lipinski definition) is 0. The van der Waals surface area contributed by atoms with Gasteiger partial charge in [-0.05, 0) is 75.6 Å². The van der Waals surface area contributed by atoms with E-state index in [1.54, 1.807) is 17.6 Å². The molecule has 0 saturated carbocycles.